The molecule has 11 heteroatoms. The van der Waals surface area contributed by atoms with E-state index in [2.05, 4.69) is 14.9 Å². The lowest BCUT2D eigenvalue weighted by atomic mass is 10.3. The van der Waals surface area contributed by atoms with Crippen molar-refractivity contribution in [2.75, 3.05) is 57.8 Å². The Balaban J connectivity index is 1.47. The summed E-state index contributed by atoms with van der Waals surface area (Å²) in [6.45, 7) is 4.29. The lowest BCUT2D eigenvalue weighted by molar-refractivity contribution is -0.123. The summed E-state index contributed by atoms with van der Waals surface area (Å²) < 4.78 is 43.4. The summed E-state index contributed by atoms with van der Waals surface area (Å²) in [4.78, 5) is 14.2. The van der Waals surface area contributed by atoms with Crippen LogP contribution in [0.3, 0.4) is 0 Å². The summed E-state index contributed by atoms with van der Waals surface area (Å²) in [6, 6.07) is 10.4. The van der Waals surface area contributed by atoms with Crippen molar-refractivity contribution >= 4 is 33.2 Å². The van der Waals surface area contributed by atoms with Gasteiger partial charge in [0.05, 0.1) is 35.9 Å². The van der Waals surface area contributed by atoms with Gasteiger partial charge in [0.15, 0.2) is 6.61 Å². The zero-order valence-corrected chi connectivity index (χ0v) is 19.2. The van der Waals surface area contributed by atoms with E-state index in [0.29, 0.717) is 42.0 Å². The van der Waals surface area contributed by atoms with Crippen molar-refractivity contribution in [2.24, 2.45) is 0 Å². The Morgan fingerprint density at radius 2 is 1.88 bits per heavy atom. The van der Waals surface area contributed by atoms with Crippen LogP contribution in [-0.2, 0) is 19.6 Å². The highest BCUT2D eigenvalue weighted by Gasteiger charge is 2.16. The van der Waals surface area contributed by atoms with Gasteiger partial charge in [-0.3, -0.25) is 14.4 Å². The zero-order valence-electron chi connectivity index (χ0n) is 17.7. The average molecular weight is 484 g/mol. The fraction of sp³-hybridized carbons (Fsp3) is 0.381. The second-order valence-corrected chi connectivity index (χ2v) is 9.11. The predicted octanol–water partition coefficient (Wildman–Crippen LogP) is 1.98. The van der Waals surface area contributed by atoms with Gasteiger partial charge in [-0.1, -0.05) is 11.6 Å². The van der Waals surface area contributed by atoms with Crippen molar-refractivity contribution in [3.8, 4) is 11.5 Å². The Morgan fingerprint density at radius 1 is 1.16 bits per heavy atom. The molecule has 3 rings (SSSR count). The first-order valence-electron chi connectivity index (χ1n) is 10.0. The predicted molar refractivity (Wildman–Crippen MR) is 121 cm³/mol. The largest absolute Gasteiger partial charge is 0.495 e. The van der Waals surface area contributed by atoms with Crippen LogP contribution in [0.4, 0.5) is 5.69 Å². The molecule has 1 heterocycles. The molecule has 9 nitrogen and oxygen atoms in total. The van der Waals surface area contributed by atoms with Gasteiger partial charge >= 0.3 is 0 Å². The van der Waals surface area contributed by atoms with Crippen LogP contribution in [0.1, 0.15) is 0 Å². The molecule has 0 spiro atoms. The average Bonchev–Trinajstić information content (AvgIpc) is 2.78. The number of methoxy groups -OCH3 is 1. The van der Waals surface area contributed by atoms with Gasteiger partial charge < -0.3 is 19.5 Å². The van der Waals surface area contributed by atoms with Gasteiger partial charge in [0.2, 0.25) is 0 Å². The number of hydrogen-bond donors (Lipinski definition) is 2. The molecule has 174 valence electrons. The van der Waals surface area contributed by atoms with Crippen LogP contribution in [0.5, 0.6) is 11.5 Å². The topological polar surface area (TPSA) is 106 Å². The second kappa shape index (κ2) is 11.4. The highest BCUT2D eigenvalue weighted by Crippen LogP contribution is 2.28. The number of rotatable bonds is 10. The minimum absolute atomic E-state index is 0.0479. The molecule has 0 unspecified atom stereocenters. The molecule has 32 heavy (non-hydrogen) atoms. The first kappa shape index (κ1) is 24.1. The van der Waals surface area contributed by atoms with Crippen LogP contribution in [0, 0.1) is 0 Å². The van der Waals surface area contributed by atoms with Crippen molar-refractivity contribution < 1.29 is 27.4 Å². The Morgan fingerprint density at radius 3 is 2.53 bits per heavy atom. The molecular formula is C21H26ClN3O6S. The number of anilines is 1. The highest BCUT2D eigenvalue weighted by molar-refractivity contribution is 7.92. The Kier molecular flexibility index (Phi) is 8.57. The summed E-state index contributed by atoms with van der Waals surface area (Å²) >= 11 is 6.04. The van der Waals surface area contributed by atoms with Crippen LogP contribution in [0.2, 0.25) is 5.02 Å². The number of benzene rings is 2. The quantitative estimate of drug-likeness (QED) is 0.532. The van der Waals surface area contributed by atoms with E-state index >= 15 is 0 Å². The molecule has 2 N–H and O–H groups in total. The minimum atomic E-state index is -3.82. The SMILES string of the molecule is COc1ccc(NS(=O)(=O)c2ccc(OCC(=O)NCCN3CCOCC3)cc2)cc1Cl. The van der Waals surface area contributed by atoms with Crippen LogP contribution in [0.15, 0.2) is 47.4 Å². The van der Waals surface area contributed by atoms with Gasteiger partial charge in [0.25, 0.3) is 15.9 Å². The number of nitrogens with one attached hydrogen (secondary N) is 2. The maximum absolute atomic E-state index is 12.6. The zero-order chi connectivity index (χ0) is 23.0. The normalized spacial score (nSPS) is 14.6. The summed E-state index contributed by atoms with van der Waals surface area (Å²) in [5.74, 6) is 0.592. The molecule has 2 aromatic carbocycles. The maximum Gasteiger partial charge on any atom is 0.261 e. The molecule has 1 aliphatic rings. The Labute approximate surface area is 192 Å². The molecule has 0 aromatic heterocycles. The number of ether oxygens (including phenoxy) is 3. The molecule has 2 aromatic rings. The molecule has 1 amide bonds. The van der Waals surface area contributed by atoms with E-state index in [1.807, 2.05) is 0 Å². The third-order valence-electron chi connectivity index (χ3n) is 4.76. The first-order chi connectivity index (χ1) is 15.4. The van der Waals surface area contributed by atoms with Crippen molar-refractivity contribution in [1.29, 1.82) is 0 Å². The Bertz CT molecular complexity index is 1010. The van der Waals surface area contributed by atoms with Crippen molar-refractivity contribution in [2.45, 2.75) is 4.90 Å². The van der Waals surface area contributed by atoms with Crippen molar-refractivity contribution in [3.63, 3.8) is 0 Å². The third kappa shape index (κ3) is 6.99. The summed E-state index contributed by atoms with van der Waals surface area (Å²) in [7, 11) is -2.34. The van der Waals surface area contributed by atoms with Crippen LogP contribution >= 0.6 is 11.6 Å². The fourth-order valence-corrected chi connectivity index (χ4v) is 4.34. The summed E-state index contributed by atoms with van der Waals surface area (Å²) in [6.07, 6.45) is 0. The molecule has 1 aliphatic heterocycles. The van der Waals surface area contributed by atoms with E-state index in [1.54, 1.807) is 12.1 Å². The number of carbonyl (C=O) groups is 1. The minimum Gasteiger partial charge on any atom is -0.495 e. The number of sulfonamides is 1. The number of nitrogens with zero attached hydrogens (tertiary/aromatic N) is 1. The number of morpholine rings is 1. The van der Waals surface area contributed by atoms with Gasteiger partial charge in [-0.2, -0.15) is 0 Å². The standard InChI is InChI=1S/C21H26ClN3O6S/c1-29-20-7-2-16(14-19(20)22)24-32(27,28)18-5-3-17(4-6-18)31-15-21(26)23-8-9-25-10-12-30-13-11-25/h2-7,14,24H,8-13,15H2,1H3,(H,23,26). The molecule has 0 atom stereocenters. The third-order valence-corrected chi connectivity index (χ3v) is 6.45. The van der Waals surface area contributed by atoms with E-state index in [4.69, 9.17) is 25.8 Å². The van der Waals surface area contributed by atoms with E-state index in [-0.39, 0.29) is 17.4 Å². The lowest BCUT2D eigenvalue weighted by Gasteiger charge is -2.26. The van der Waals surface area contributed by atoms with E-state index < -0.39 is 10.0 Å². The van der Waals surface area contributed by atoms with Crippen molar-refractivity contribution in [1.82, 2.24) is 10.2 Å². The molecule has 1 fully saturated rings. The molecule has 0 bridgehead atoms. The monoisotopic (exact) mass is 483 g/mol. The molecule has 0 aliphatic carbocycles. The molecule has 0 radical (unpaired) electrons. The van der Waals surface area contributed by atoms with Gasteiger partial charge in [-0.15, -0.1) is 0 Å². The van der Waals surface area contributed by atoms with E-state index in [9.17, 15) is 13.2 Å². The number of amides is 1. The maximum atomic E-state index is 12.6. The Hall–Kier alpha value is -2.53. The molecule has 1 saturated heterocycles. The first-order valence-corrected chi connectivity index (χ1v) is 11.9. The lowest BCUT2D eigenvalue weighted by Crippen LogP contribution is -2.42. The second-order valence-electron chi connectivity index (χ2n) is 7.02. The van der Waals surface area contributed by atoms with Crippen LogP contribution in [0.25, 0.3) is 0 Å². The van der Waals surface area contributed by atoms with Crippen molar-refractivity contribution in [3.05, 3.63) is 47.5 Å². The number of hydrogen-bond acceptors (Lipinski definition) is 7. The molecular weight excluding hydrogens is 458 g/mol. The van der Waals surface area contributed by atoms with Gasteiger partial charge in [0.1, 0.15) is 11.5 Å². The summed E-state index contributed by atoms with van der Waals surface area (Å²) in [5.41, 5.74) is 0.310. The van der Waals surface area contributed by atoms with E-state index in [1.165, 1.54) is 37.4 Å². The van der Waals surface area contributed by atoms with Crippen LogP contribution in [-0.4, -0.2) is 72.3 Å². The number of halogens is 1. The summed E-state index contributed by atoms with van der Waals surface area (Å²) in [5, 5.41) is 3.10. The van der Waals surface area contributed by atoms with Gasteiger partial charge in [-0.25, -0.2) is 8.42 Å². The van der Waals surface area contributed by atoms with Gasteiger partial charge in [0, 0.05) is 26.2 Å². The molecule has 0 saturated carbocycles. The van der Waals surface area contributed by atoms with E-state index in [0.717, 1.165) is 19.6 Å². The number of carbonyl (C=O) groups excluding carboxylic acids is 1. The highest BCUT2D eigenvalue weighted by atomic mass is 35.5. The smallest absolute Gasteiger partial charge is 0.261 e. The van der Waals surface area contributed by atoms with Gasteiger partial charge in [-0.05, 0) is 42.5 Å². The fourth-order valence-electron chi connectivity index (χ4n) is 3.04. The van der Waals surface area contributed by atoms with Crippen LogP contribution < -0.4 is 19.5 Å².